The highest BCUT2D eigenvalue weighted by atomic mass is 32.1. The van der Waals surface area contributed by atoms with Crippen molar-refractivity contribution in [2.75, 3.05) is 19.6 Å². The van der Waals surface area contributed by atoms with E-state index in [4.69, 9.17) is 4.98 Å². The van der Waals surface area contributed by atoms with E-state index in [0.717, 1.165) is 50.4 Å². The molecule has 31 heavy (non-hydrogen) atoms. The molecular formula is C24H33N5OS. The lowest BCUT2D eigenvalue weighted by atomic mass is 9.74. The quantitative estimate of drug-likeness (QED) is 0.728. The Labute approximate surface area is 188 Å². The number of nitrogens with zero attached hydrogens (tertiary/aromatic N) is 3. The predicted molar refractivity (Wildman–Crippen MR) is 124 cm³/mol. The molecule has 7 heteroatoms. The number of piperidine rings is 3. The Morgan fingerprint density at radius 3 is 2.84 bits per heavy atom. The smallest absolute Gasteiger partial charge is 0.315 e. The Morgan fingerprint density at radius 1 is 1.23 bits per heavy atom. The first kappa shape index (κ1) is 20.9. The van der Waals surface area contributed by atoms with Crippen molar-refractivity contribution in [3.63, 3.8) is 0 Å². The van der Waals surface area contributed by atoms with Crippen LogP contribution in [0.15, 0.2) is 23.6 Å². The Kier molecular flexibility index (Phi) is 6.23. The molecule has 0 aromatic carbocycles. The van der Waals surface area contributed by atoms with Gasteiger partial charge in [-0.25, -0.2) is 14.8 Å². The Hall–Kier alpha value is -1.99. The molecule has 2 bridgehead atoms. The molecule has 4 fully saturated rings. The van der Waals surface area contributed by atoms with Gasteiger partial charge in [-0.3, -0.25) is 4.90 Å². The SMILES string of the molecule is Cc1nc(-c2cccs2)cc(C2CN3CCC2CC3CNC(=O)NC2CCCCC2)n1. The molecule has 0 spiro atoms. The van der Waals surface area contributed by atoms with Crippen molar-refractivity contribution in [2.24, 2.45) is 5.92 Å². The van der Waals surface area contributed by atoms with Gasteiger partial charge in [0.05, 0.1) is 10.6 Å². The molecule has 4 unspecified atom stereocenters. The number of fused-ring (bicyclic) bond motifs is 3. The third-order valence-electron chi connectivity index (χ3n) is 7.33. The molecule has 6 rings (SSSR count). The number of rotatable bonds is 5. The second-order valence-electron chi connectivity index (χ2n) is 9.43. The molecule has 2 N–H and O–H groups in total. The largest absolute Gasteiger partial charge is 0.337 e. The second kappa shape index (κ2) is 9.25. The van der Waals surface area contributed by atoms with Crippen LogP contribution in [-0.4, -0.2) is 52.6 Å². The molecule has 2 aromatic heterocycles. The molecule has 1 saturated carbocycles. The van der Waals surface area contributed by atoms with Crippen LogP contribution in [0.5, 0.6) is 0 Å². The molecule has 5 heterocycles. The highest BCUT2D eigenvalue weighted by Crippen LogP contribution is 2.41. The molecule has 1 aliphatic carbocycles. The first-order valence-electron chi connectivity index (χ1n) is 11.8. The fourth-order valence-electron chi connectivity index (χ4n) is 5.71. The lowest BCUT2D eigenvalue weighted by molar-refractivity contribution is 0.0304. The fraction of sp³-hybridized carbons (Fsp3) is 0.625. The summed E-state index contributed by atoms with van der Waals surface area (Å²) in [5.41, 5.74) is 2.23. The minimum Gasteiger partial charge on any atom is -0.337 e. The fourth-order valence-corrected chi connectivity index (χ4v) is 6.40. The van der Waals surface area contributed by atoms with Crippen LogP contribution < -0.4 is 10.6 Å². The van der Waals surface area contributed by atoms with Gasteiger partial charge in [0.25, 0.3) is 0 Å². The molecule has 166 valence electrons. The normalized spacial score (nSPS) is 28.4. The number of thiophene rings is 1. The lowest BCUT2D eigenvalue weighted by Crippen LogP contribution is -2.57. The third-order valence-corrected chi connectivity index (χ3v) is 8.22. The minimum absolute atomic E-state index is 0.0121. The van der Waals surface area contributed by atoms with Gasteiger partial charge in [0.15, 0.2) is 0 Å². The van der Waals surface area contributed by atoms with E-state index in [9.17, 15) is 4.79 Å². The summed E-state index contributed by atoms with van der Waals surface area (Å²) in [6.45, 7) is 4.89. The maximum atomic E-state index is 12.4. The van der Waals surface area contributed by atoms with Gasteiger partial charge in [0, 0.05) is 36.8 Å². The van der Waals surface area contributed by atoms with E-state index in [0.29, 0.717) is 23.9 Å². The summed E-state index contributed by atoms with van der Waals surface area (Å²) < 4.78 is 0. The van der Waals surface area contributed by atoms with Crippen LogP contribution >= 0.6 is 11.3 Å². The summed E-state index contributed by atoms with van der Waals surface area (Å²) in [7, 11) is 0. The molecule has 3 saturated heterocycles. The molecule has 4 aliphatic rings. The van der Waals surface area contributed by atoms with Crippen LogP contribution in [-0.2, 0) is 0 Å². The van der Waals surface area contributed by atoms with E-state index >= 15 is 0 Å². The summed E-state index contributed by atoms with van der Waals surface area (Å²) in [5, 5.41) is 8.44. The third kappa shape index (κ3) is 4.77. The number of hydrogen-bond acceptors (Lipinski definition) is 5. The summed E-state index contributed by atoms with van der Waals surface area (Å²) in [4.78, 5) is 25.7. The lowest BCUT2D eigenvalue weighted by Gasteiger charge is -2.49. The van der Waals surface area contributed by atoms with Gasteiger partial charge >= 0.3 is 6.03 Å². The van der Waals surface area contributed by atoms with Crippen LogP contribution in [0, 0.1) is 12.8 Å². The monoisotopic (exact) mass is 439 g/mol. The van der Waals surface area contributed by atoms with E-state index < -0.39 is 0 Å². The van der Waals surface area contributed by atoms with E-state index in [1.807, 2.05) is 6.92 Å². The molecule has 2 aromatic rings. The average molecular weight is 440 g/mol. The van der Waals surface area contributed by atoms with Crippen molar-refractivity contribution in [1.82, 2.24) is 25.5 Å². The van der Waals surface area contributed by atoms with Crippen LogP contribution in [0.2, 0.25) is 0 Å². The average Bonchev–Trinajstić information content (AvgIpc) is 3.33. The second-order valence-corrected chi connectivity index (χ2v) is 10.4. The zero-order valence-electron chi connectivity index (χ0n) is 18.3. The Balaban J connectivity index is 1.20. The van der Waals surface area contributed by atoms with E-state index in [2.05, 4.69) is 44.1 Å². The van der Waals surface area contributed by atoms with Crippen LogP contribution in [0.3, 0.4) is 0 Å². The summed E-state index contributed by atoms with van der Waals surface area (Å²) in [6.07, 6.45) is 8.37. The number of amides is 2. The number of nitrogens with one attached hydrogen (secondary N) is 2. The van der Waals surface area contributed by atoms with Crippen LogP contribution in [0.4, 0.5) is 4.79 Å². The standard InChI is InChI=1S/C24H33N5OS/c1-16-26-21(13-22(27-16)23-8-5-11-31-23)20-15-29-10-9-17(20)12-19(29)14-25-24(30)28-18-6-3-2-4-7-18/h5,8,11,13,17-20H,2-4,6-7,9-10,12,14-15H2,1H3,(H2,25,28,30). The van der Waals surface area contributed by atoms with Gasteiger partial charge < -0.3 is 10.6 Å². The molecule has 6 nitrogen and oxygen atoms in total. The topological polar surface area (TPSA) is 70.2 Å². The van der Waals surface area contributed by atoms with E-state index in [1.165, 1.54) is 36.3 Å². The number of aryl methyl sites for hydroxylation is 1. The summed E-state index contributed by atoms with van der Waals surface area (Å²) in [5.74, 6) is 1.94. The van der Waals surface area contributed by atoms with Gasteiger partial charge in [0.2, 0.25) is 0 Å². The van der Waals surface area contributed by atoms with Crippen LogP contribution in [0.1, 0.15) is 62.4 Å². The van der Waals surface area contributed by atoms with Gasteiger partial charge in [-0.15, -0.1) is 11.3 Å². The maximum absolute atomic E-state index is 12.4. The minimum atomic E-state index is 0.0121. The number of hydrogen-bond donors (Lipinski definition) is 2. The first-order valence-corrected chi connectivity index (χ1v) is 12.7. The highest BCUT2D eigenvalue weighted by Gasteiger charge is 2.41. The highest BCUT2D eigenvalue weighted by molar-refractivity contribution is 7.13. The molecular weight excluding hydrogens is 406 g/mol. The van der Waals surface area contributed by atoms with E-state index in [-0.39, 0.29) is 6.03 Å². The Bertz CT molecular complexity index is 895. The molecule has 2 amide bonds. The van der Waals surface area contributed by atoms with Crippen molar-refractivity contribution in [2.45, 2.75) is 69.9 Å². The van der Waals surface area contributed by atoms with Gasteiger partial charge in [-0.1, -0.05) is 25.3 Å². The Morgan fingerprint density at radius 2 is 2.10 bits per heavy atom. The number of carbonyl (C=O) groups is 1. The van der Waals surface area contributed by atoms with Gasteiger partial charge in [-0.2, -0.15) is 0 Å². The summed E-state index contributed by atoms with van der Waals surface area (Å²) >= 11 is 1.73. The maximum Gasteiger partial charge on any atom is 0.315 e. The van der Waals surface area contributed by atoms with Crippen molar-refractivity contribution in [3.8, 4) is 10.6 Å². The zero-order chi connectivity index (χ0) is 21.2. The first-order chi connectivity index (χ1) is 15.2. The molecule has 3 aliphatic heterocycles. The zero-order valence-corrected chi connectivity index (χ0v) is 19.2. The molecule has 0 radical (unpaired) electrons. The number of carbonyl (C=O) groups excluding carboxylic acids is 1. The predicted octanol–water partition coefficient (Wildman–Crippen LogP) is 4.32. The van der Waals surface area contributed by atoms with E-state index in [1.54, 1.807) is 11.3 Å². The molecule has 4 atom stereocenters. The number of aromatic nitrogens is 2. The van der Waals surface area contributed by atoms with Gasteiger partial charge in [-0.05, 0) is 62.6 Å². The van der Waals surface area contributed by atoms with Crippen molar-refractivity contribution >= 4 is 17.4 Å². The van der Waals surface area contributed by atoms with Crippen molar-refractivity contribution in [3.05, 3.63) is 35.1 Å². The van der Waals surface area contributed by atoms with Crippen LogP contribution in [0.25, 0.3) is 10.6 Å². The van der Waals surface area contributed by atoms with Gasteiger partial charge in [0.1, 0.15) is 5.82 Å². The summed E-state index contributed by atoms with van der Waals surface area (Å²) in [6, 6.07) is 7.22. The van der Waals surface area contributed by atoms with Crippen molar-refractivity contribution < 1.29 is 4.79 Å². The number of urea groups is 1. The van der Waals surface area contributed by atoms with Crippen molar-refractivity contribution in [1.29, 1.82) is 0 Å².